The smallest absolute Gasteiger partial charge is 0.251 e. The number of ether oxygens (including phenoxy) is 2. The summed E-state index contributed by atoms with van der Waals surface area (Å²) < 4.78 is 35.7. The topological polar surface area (TPSA) is 206 Å². The number of nitrogens with one attached hydrogen (secondary N) is 2. The number of guanidine groups is 1. The molecule has 0 unspecified atom stereocenters. The Morgan fingerprint density at radius 1 is 1.02 bits per heavy atom. The lowest BCUT2D eigenvalue weighted by Gasteiger charge is -2.16. The van der Waals surface area contributed by atoms with Crippen molar-refractivity contribution < 1.29 is 27.5 Å². The molecule has 0 fully saturated rings. The summed E-state index contributed by atoms with van der Waals surface area (Å²) in [5, 5.41) is 18.7. The monoisotopic (exact) mass is 620 g/mol. The summed E-state index contributed by atoms with van der Waals surface area (Å²) >= 11 is 0. The Hall–Kier alpha value is -5.28. The molecule has 0 saturated heterocycles. The fourth-order valence-electron chi connectivity index (χ4n) is 4.18. The number of nitrogens with zero attached hydrogens (tertiary/aromatic N) is 4. The first-order chi connectivity index (χ1) is 21.0. The first-order valence-electron chi connectivity index (χ1n) is 13.2. The van der Waals surface area contributed by atoms with Crippen LogP contribution in [0.1, 0.15) is 11.1 Å². The highest BCUT2D eigenvalue weighted by Gasteiger charge is 2.22. The summed E-state index contributed by atoms with van der Waals surface area (Å²) in [5.74, 6) is -0.468. The highest BCUT2D eigenvalue weighted by Crippen LogP contribution is 2.27. The minimum absolute atomic E-state index is 0.0590. The molecule has 6 N–H and O–H groups in total. The summed E-state index contributed by atoms with van der Waals surface area (Å²) in [7, 11) is -1.02. The van der Waals surface area contributed by atoms with E-state index in [9.17, 15) is 18.0 Å². The molecule has 1 heterocycles. The van der Waals surface area contributed by atoms with E-state index in [0.717, 1.165) is 5.56 Å². The number of benzene rings is 3. The molecule has 2 amide bonds. The number of hydrogen-bond donors (Lipinski definition) is 4. The SMILES string of the molecule is COc1ccc(CC(=O)NC(N)=N[C@H](Cn2cc(-c3ccccc3)nn2)C(=O)Nc2cc(S(N)(=O)=O)ccc2C)cc1OC. The zero-order valence-electron chi connectivity index (χ0n) is 24.2. The van der Waals surface area contributed by atoms with Crippen LogP contribution in [0.4, 0.5) is 5.69 Å². The van der Waals surface area contributed by atoms with Gasteiger partial charge in [-0.3, -0.25) is 14.9 Å². The van der Waals surface area contributed by atoms with Crippen LogP contribution >= 0.6 is 0 Å². The number of sulfonamides is 1. The Balaban J connectivity index is 1.57. The summed E-state index contributed by atoms with van der Waals surface area (Å²) in [6.45, 7) is 1.58. The highest BCUT2D eigenvalue weighted by molar-refractivity contribution is 7.89. The molecular formula is C29H32N8O6S. The summed E-state index contributed by atoms with van der Waals surface area (Å²) in [6, 6.07) is 17.3. The third kappa shape index (κ3) is 8.17. The van der Waals surface area contributed by atoms with E-state index in [4.69, 9.17) is 20.3 Å². The van der Waals surface area contributed by atoms with Crippen LogP contribution in [0.15, 0.2) is 82.8 Å². The fraction of sp³-hybridized carbons (Fsp3) is 0.207. The van der Waals surface area contributed by atoms with Gasteiger partial charge in [0.1, 0.15) is 5.69 Å². The molecule has 230 valence electrons. The number of carbonyl (C=O) groups excluding carboxylic acids is 2. The van der Waals surface area contributed by atoms with E-state index < -0.39 is 27.9 Å². The molecule has 3 aromatic carbocycles. The third-order valence-corrected chi connectivity index (χ3v) is 7.35. The Morgan fingerprint density at radius 2 is 1.75 bits per heavy atom. The van der Waals surface area contributed by atoms with Gasteiger partial charge >= 0.3 is 0 Å². The van der Waals surface area contributed by atoms with Gasteiger partial charge in [-0.1, -0.05) is 47.7 Å². The Bertz CT molecular complexity index is 1790. The van der Waals surface area contributed by atoms with Gasteiger partial charge in [-0.15, -0.1) is 5.10 Å². The number of amides is 2. The minimum atomic E-state index is -4.02. The third-order valence-electron chi connectivity index (χ3n) is 6.44. The van der Waals surface area contributed by atoms with E-state index in [1.165, 1.54) is 37.1 Å². The second-order valence-corrected chi connectivity index (χ2v) is 11.2. The molecule has 1 atom stereocenters. The summed E-state index contributed by atoms with van der Waals surface area (Å²) in [4.78, 5) is 30.4. The van der Waals surface area contributed by atoms with Crippen LogP contribution in [0.3, 0.4) is 0 Å². The van der Waals surface area contributed by atoms with Gasteiger partial charge in [0.25, 0.3) is 5.91 Å². The van der Waals surface area contributed by atoms with E-state index in [1.54, 1.807) is 31.3 Å². The van der Waals surface area contributed by atoms with Gasteiger partial charge in [0.15, 0.2) is 23.5 Å². The number of aromatic nitrogens is 3. The summed E-state index contributed by atoms with van der Waals surface area (Å²) in [6.07, 6.45) is 1.58. The number of aliphatic imine (C=N–C) groups is 1. The van der Waals surface area contributed by atoms with Crippen molar-refractivity contribution in [3.8, 4) is 22.8 Å². The van der Waals surface area contributed by atoms with Crippen LogP contribution in [0.2, 0.25) is 0 Å². The van der Waals surface area contributed by atoms with Crippen LogP contribution in [0.5, 0.6) is 11.5 Å². The molecule has 0 aliphatic rings. The average Bonchev–Trinajstić information content (AvgIpc) is 3.46. The molecule has 0 spiro atoms. The quantitative estimate of drug-likeness (QED) is 0.142. The minimum Gasteiger partial charge on any atom is -0.493 e. The second-order valence-electron chi connectivity index (χ2n) is 9.65. The van der Waals surface area contributed by atoms with Crippen molar-refractivity contribution in [3.05, 3.63) is 84.1 Å². The number of anilines is 1. The number of nitrogens with two attached hydrogens (primary N) is 2. The number of rotatable bonds is 11. The van der Waals surface area contributed by atoms with Crippen molar-refractivity contribution in [3.63, 3.8) is 0 Å². The van der Waals surface area contributed by atoms with E-state index in [-0.39, 0.29) is 29.5 Å². The van der Waals surface area contributed by atoms with Crippen molar-refractivity contribution in [1.29, 1.82) is 0 Å². The van der Waals surface area contributed by atoms with E-state index in [0.29, 0.717) is 28.3 Å². The van der Waals surface area contributed by atoms with Crippen LogP contribution < -0.4 is 31.0 Å². The zero-order chi connectivity index (χ0) is 31.9. The lowest BCUT2D eigenvalue weighted by molar-refractivity contribution is -0.119. The molecule has 4 rings (SSSR count). The molecule has 0 radical (unpaired) electrons. The number of methoxy groups -OCH3 is 2. The molecule has 0 bridgehead atoms. The molecule has 44 heavy (non-hydrogen) atoms. The maximum atomic E-state index is 13.5. The van der Waals surface area contributed by atoms with Gasteiger partial charge in [-0.2, -0.15) is 0 Å². The first-order valence-corrected chi connectivity index (χ1v) is 14.8. The molecule has 1 aromatic heterocycles. The highest BCUT2D eigenvalue weighted by atomic mass is 32.2. The van der Waals surface area contributed by atoms with Crippen molar-refractivity contribution >= 4 is 33.5 Å². The van der Waals surface area contributed by atoms with Crippen molar-refractivity contribution in [2.75, 3.05) is 19.5 Å². The second kappa shape index (κ2) is 13.8. The molecule has 0 saturated carbocycles. The lowest BCUT2D eigenvalue weighted by atomic mass is 10.1. The standard InChI is InChI=1S/C29H32N8O6S/c1-18-9-11-21(44(31,40)41)15-22(18)32-28(39)24(17-37-16-23(35-36-37)20-7-5-4-6-8-20)33-29(30)34-27(38)14-19-10-12-25(42-2)26(13-19)43-3/h4-13,15-16,24H,14,17H2,1-3H3,(H,32,39)(H2,31,40,41)(H3,30,33,34,38)/t24-/m1/s1. The van der Waals surface area contributed by atoms with Gasteiger partial charge in [-0.25, -0.2) is 23.2 Å². The van der Waals surface area contributed by atoms with Crippen LogP contribution in [-0.2, 0) is 32.6 Å². The van der Waals surface area contributed by atoms with Crippen LogP contribution in [0.25, 0.3) is 11.3 Å². The maximum Gasteiger partial charge on any atom is 0.251 e. The summed E-state index contributed by atoms with van der Waals surface area (Å²) in [5.41, 5.74) is 8.88. The predicted molar refractivity (Wildman–Crippen MR) is 163 cm³/mol. The normalized spacial score (nSPS) is 12.3. The fourth-order valence-corrected chi connectivity index (χ4v) is 4.72. The number of primary sulfonamides is 1. The number of aryl methyl sites for hydroxylation is 1. The first kappa shape index (κ1) is 31.7. The maximum absolute atomic E-state index is 13.5. The average molecular weight is 621 g/mol. The Morgan fingerprint density at radius 3 is 2.43 bits per heavy atom. The molecule has 14 nitrogen and oxygen atoms in total. The van der Waals surface area contributed by atoms with Crippen molar-refractivity contribution in [1.82, 2.24) is 20.3 Å². The van der Waals surface area contributed by atoms with Gasteiger partial charge in [-0.05, 0) is 42.3 Å². The lowest BCUT2D eigenvalue weighted by Crippen LogP contribution is -2.41. The van der Waals surface area contributed by atoms with Gasteiger partial charge < -0.3 is 20.5 Å². The molecule has 0 aliphatic heterocycles. The van der Waals surface area contributed by atoms with E-state index >= 15 is 0 Å². The van der Waals surface area contributed by atoms with Gasteiger partial charge in [0, 0.05) is 11.3 Å². The van der Waals surface area contributed by atoms with Gasteiger partial charge in [0.2, 0.25) is 15.9 Å². The predicted octanol–water partition coefficient (Wildman–Crippen LogP) is 1.60. The Labute approximate surface area is 254 Å². The van der Waals surface area contributed by atoms with Crippen molar-refractivity contribution in [2.24, 2.45) is 15.9 Å². The molecular weight excluding hydrogens is 588 g/mol. The van der Waals surface area contributed by atoms with E-state index in [2.05, 4.69) is 25.9 Å². The molecule has 15 heteroatoms. The number of carbonyl (C=O) groups is 2. The van der Waals surface area contributed by atoms with Crippen LogP contribution in [-0.4, -0.2) is 61.4 Å². The van der Waals surface area contributed by atoms with Crippen molar-refractivity contribution in [2.45, 2.75) is 30.8 Å². The van der Waals surface area contributed by atoms with Gasteiger partial charge in [0.05, 0.1) is 38.3 Å². The molecule has 4 aromatic rings. The largest absolute Gasteiger partial charge is 0.493 e. The number of hydrogen-bond acceptors (Lipinski definition) is 9. The zero-order valence-corrected chi connectivity index (χ0v) is 25.0. The molecule has 0 aliphatic carbocycles. The Kier molecular flexibility index (Phi) is 9.92. The van der Waals surface area contributed by atoms with Crippen LogP contribution in [0, 0.1) is 6.92 Å². The van der Waals surface area contributed by atoms with E-state index in [1.807, 2.05) is 30.3 Å².